The molecule has 0 spiro atoms. The molecule has 0 aromatic heterocycles. The SMILES string of the molecule is Cc1cc(OC2CCN(C)CC2)c(Br)cc1[N+](=O)[O-]. The first-order valence-corrected chi connectivity index (χ1v) is 7.06. The summed E-state index contributed by atoms with van der Waals surface area (Å²) in [6.45, 7) is 3.77. The van der Waals surface area contributed by atoms with E-state index in [2.05, 4.69) is 27.9 Å². The fraction of sp³-hybridized carbons (Fsp3) is 0.538. The minimum atomic E-state index is -0.376. The maximum absolute atomic E-state index is 10.8. The highest BCUT2D eigenvalue weighted by Crippen LogP contribution is 2.33. The lowest BCUT2D eigenvalue weighted by Gasteiger charge is -2.29. The number of halogens is 1. The average Bonchev–Trinajstić information content (AvgIpc) is 2.35. The Labute approximate surface area is 120 Å². The van der Waals surface area contributed by atoms with Gasteiger partial charge in [-0.2, -0.15) is 0 Å². The quantitative estimate of drug-likeness (QED) is 0.631. The molecule has 2 rings (SSSR count). The van der Waals surface area contributed by atoms with Gasteiger partial charge in [0.25, 0.3) is 5.69 Å². The Morgan fingerprint density at radius 3 is 2.63 bits per heavy atom. The van der Waals surface area contributed by atoms with Crippen LogP contribution in [0.5, 0.6) is 5.75 Å². The molecule has 0 aliphatic carbocycles. The first kappa shape index (κ1) is 14.3. The molecule has 0 atom stereocenters. The van der Waals surface area contributed by atoms with Crippen molar-refractivity contribution in [1.29, 1.82) is 0 Å². The standard InChI is InChI=1S/C13H17BrN2O3/c1-9-7-13(11(14)8-12(9)16(17)18)19-10-3-5-15(2)6-4-10/h7-8,10H,3-6H2,1-2H3. The molecule has 0 amide bonds. The van der Waals surface area contributed by atoms with E-state index < -0.39 is 0 Å². The third-order valence-electron chi connectivity index (χ3n) is 3.41. The molecule has 1 aliphatic heterocycles. The number of benzene rings is 1. The Morgan fingerprint density at radius 1 is 1.42 bits per heavy atom. The van der Waals surface area contributed by atoms with Crippen LogP contribution >= 0.6 is 15.9 Å². The van der Waals surface area contributed by atoms with Crippen LogP contribution < -0.4 is 4.74 Å². The summed E-state index contributed by atoms with van der Waals surface area (Å²) in [4.78, 5) is 12.7. The van der Waals surface area contributed by atoms with Gasteiger partial charge in [-0.1, -0.05) is 0 Å². The van der Waals surface area contributed by atoms with Crippen LogP contribution in [0.25, 0.3) is 0 Å². The van der Waals surface area contributed by atoms with E-state index in [9.17, 15) is 10.1 Å². The van der Waals surface area contributed by atoms with E-state index in [-0.39, 0.29) is 16.7 Å². The molecule has 1 aliphatic rings. The van der Waals surface area contributed by atoms with Gasteiger partial charge in [-0.05, 0) is 48.8 Å². The normalized spacial score (nSPS) is 17.4. The molecule has 1 aromatic carbocycles. The van der Waals surface area contributed by atoms with Crippen LogP contribution in [-0.2, 0) is 0 Å². The molecule has 0 N–H and O–H groups in total. The maximum Gasteiger partial charge on any atom is 0.273 e. The van der Waals surface area contributed by atoms with Gasteiger partial charge >= 0.3 is 0 Å². The smallest absolute Gasteiger partial charge is 0.273 e. The maximum atomic E-state index is 10.8. The van der Waals surface area contributed by atoms with E-state index in [4.69, 9.17) is 4.74 Å². The van der Waals surface area contributed by atoms with E-state index >= 15 is 0 Å². The van der Waals surface area contributed by atoms with E-state index in [1.54, 1.807) is 13.0 Å². The third-order valence-corrected chi connectivity index (χ3v) is 4.03. The van der Waals surface area contributed by atoms with E-state index in [1.807, 2.05) is 0 Å². The van der Waals surface area contributed by atoms with Gasteiger partial charge < -0.3 is 9.64 Å². The molecule has 5 nitrogen and oxygen atoms in total. The molecule has 0 bridgehead atoms. The molecule has 1 saturated heterocycles. The molecule has 19 heavy (non-hydrogen) atoms. The van der Waals surface area contributed by atoms with Crippen LogP contribution in [0.1, 0.15) is 18.4 Å². The summed E-state index contributed by atoms with van der Waals surface area (Å²) in [6.07, 6.45) is 2.16. The fourth-order valence-electron chi connectivity index (χ4n) is 2.21. The van der Waals surface area contributed by atoms with Gasteiger partial charge in [0.05, 0.1) is 9.40 Å². The molecule has 1 heterocycles. The van der Waals surface area contributed by atoms with Gasteiger partial charge in [0.1, 0.15) is 11.9 Å². The zero-order chi connectivity index (χ0) is 14.0. The number of likely N-dealkylation sites (tertiary alicyclic amines) is 1. The molecule has 1 fully saturated rings. The van der Waals surface area contributed by atoms with E-state index in [1.165, 1.54) is 6.07 Å². The first-order chi connectivity index (χ1) is 8.97. The van der Waals surface area contributed by atoms with Crippen molar-refractivity contribution in [2.75, 3.05) is 20.1 Å². The Bertz CT molecular complexity index is 485. The zero-order valence-electron chi connectivity index (χ0n) is 11.1. The molecular formula is C13H17BrN2O3. The Morgan fingerprint density at radius 2 is 2.05 bits per heavy atom. The van der Waals surface area contributed by atoms with Crippen molar-refractivity contribution in [3.05, 3.63) is 32.3 Å². The van der Waals surface area contributed by atoms with Gasteiger partial charge in [-0.3, -0.25) is 10.1 Å². The van der Waals surface area contributed by atoms with Gasteiger partial charge in [-0.25, -0.2) is 0 Å². The minimum Gasteiger partial charge on any atom is -0.489 e. The van der Waals surface area contributed by atoms with E-state index in [0.717, 1.165) is 25.9 Å². The number of ether oxygens (including phenoxy) is 1. The number of aryl methyl sites for hydroxylation is 1. The number of hydrogen-bond donors (Lipinski definition) is 0. The van der Waals surface area contributed by atoms with Crippen LogP contribution in [0.4, 0.5) is 5.69 Å². The number of rotatable bonds is 3. The second kappa shape index (κ2) is 5.88. The summed E-state index contributed by atoms with van der Waals surface area (Å²) in [5.74, 6) is 0.692. The lowest BCUT2D eigenvalue weighted by Crippen LogP contribution is -2.35. The highest BCUT2D eigenvalue weighted by molar-refractivity contribution is 9.10. The summed E-state index contributed by atoms with van der Waals surface area (Å²) in [5.41, 5.74) is 0.735. The van der Waals surface area contributed by atoms with Crippen LogP contribution in [0.3, 0.4) is 0 Å². The highest BCUT2D eigenvalue weighted by atomic mass is 79.9. The van der Waals surface area contributed by atoms with Crippen molar-refractivity contribution < 1.29 is 9.66 Å². The molecule has 0 radical (unpaired) electrons. The van der Waals surface area contributed by atoms with Crippen LogP contribution in [0.15, 0.2) is 16.6 Å². The second-order valence-electron chi connectivity index (χ2n) is 4.95. The Balaban J connectivity index is 2.13. The zero-order valence-corrected chi connectivity index (χ0v) is 12.6. The predicted molar refractivity (Wildman–Crippen MR) is 76.7 cm³/mol. The third kappa shape index (κ3) is 3.45. The number of piperidine rings is 1. The van der Waals surface area contributed by atoms with Crippen LogP contribution in [0, 0.1) is 17.0 Å². The molecule has 104 valence electrons. The summed E-state index contributed by atoms with van der Waals surface area (Å²) >= 11 is 3.35. The molecule has 0 unspecified atom stereocenters. The van der Waals surface area contributed by atoms with Gasteiger partial charge in [0, 0.05) is 24.7 Å². The number of nitro groups is 1. The monoisotopic (exact) mass is 328 g/mol. The largest absolute Gasteiger partial charge is 0.489 e. The first-order valence-electron chi connectivity index (χ1n) is 6.27. The average molecular weight is 329 g/mol. The van der Waals surface area contributed by atoms with Crippen molar-refractivity contribution in [1.82, 2.24) is 4.90 Å². The van der Waals surface area contributed by atoms with Crippen molar-refractivity contribution in [2.45, 2.75) is 25.9 Å². The number of nitrogens with zero attached hydrogens (tertiary/aromatic N) is 2. The minimum absolute atomic E-state index is 0.114. The van der Waals surface area contributed by atoms with Crippen LogP contribution in [-0.4, -0.2) is 36.1 Å². The molecule has 1 aromatic rings. The topological polar surface area (TPSA) is 55.6 Å². The number of hydrogen-bond acceptors (Lipinski definition) is 4. The molecular weight excluding hydrogens is 312 g/mol. The number of nitro benzene ring substituents is 1. The lowest BCUT2D eigenvalue weighted by atomic mass is 10.1. The van der Waals surface area contributed by atoms with Crippen molar-refractivity contribution in [3.8, 4) is 5.75 Å². The molecule has 6 heteroatoms. The van der Waals surface area contributed by atoms with Gasteiger partial charge in [0.15, 0.2) is 0 Å². The summed E-state index contributed by atoms with van der Waals surface area (Å²) in [7, 11) is 2.10. The summed E-state index contributed by atoms with van der Waals surface area (Å²) in [6, 6.07) is 3.25. The Kier molecular flexibility index (Phi) is 4.42. The lowest BCUT2D eigenvalue weighted by molar-refractivity contribution is -0.385. The van der Waals surface area contributed by atoms with Crippen LogP contribution in [0.2, 0.25) is 0 Å². The Hall–Kier alpha value is -1.14. The fourth-order valence-corrected chi connectivity index (χ4v) is 2.64. The molecule has 0 saturated carbocycles. The van der Waals surface area contributed by atoms with Crippen molar-refractivity contribution >= 4 is 21.6 Å². The highest BCUT2D eigenvalue weighted by Gasteiger charge is 2.21. The van der Waals surface area contributed by atoms with Crippen molar-refractivity contribution in [2.24, 2.45) is 0 Å². The summed E-state index contributed by atoms with van der Waals surface area (Å²) < 4.78 is 6.60. The van der Waals surface area contributed by atoms with Gasteiger partial charge in [-0.15, -0.1) is 0 Å². The summed E-state index contributed by atoms with van der Waals surface area (Å²) in [5, 5.41) is 10.8. The van der Waals surface area contributed by atoms with E-state index in [0.29, 0.717) is 15.8 Å². The second-order valence-corrected chi connectivity index (χ2v) is 5.80. The van der Waals surface area contributed by atoms with Gasteiger partial charge in [0.2, 0.25) is 0 Å². The van der Waals surface area contributed by atoms with Crippen molar-refractivity contribution in [3.63, 3.8) is 0 Å². The predicted octanol–water partition coefficient (Wildman–Crippen LogP) is 3.14.